The molecule has 28 heavy (non-hydrogen) atoms. The Bertz CT molecular complexity index is 869. The summed E-state index contributed by atoms with van der Waals surface area (Å²) < 4.78 is 18.1. The molecule has 0 fully saturated rings. The second-order valence-electron chi connectivity index (χ2n) is 6.90. The number of aliphatic hydroxyl groups is 1. The summed E-state index contributed by atoms with van der Waals surface area (Å²) in [6.45, 7) is 0.0502. The maximum absolute atomic E-state index is 12.9. The van der Waals surface area contributed by atoms with Crippen molar-refractivity contribution in [2.45, 2.75) is 31.4 Å². The number of aryl methyl sites for hydroxylation is 1. The van der Waals surface area contributed by atoms with Crippen molar-refractivity contribution in [1.82, 2.24) is 10.6 Å². The SMILES string of the molecule is COc1ccc2c(c1)CCC[C@]2(O)CNC(=O)C(=O)NCc1ccc(F)cc1. The molecule has 7 heteroatoms. The lowest BCUT2D eigenvalue weighted by Gasteiger charge is -2.34. The van der Waals surface area contributed by atoms with Crippen molar-refractivity contribution in [1.29, 1.82) is 0 Å². The van der Waals surface area contributed by atoms with Gasteiger partial charge in [0, 0.05) is 6.54 Å². The van der Waals surface area contributed by atoms with Crippen molar-refractivity contribution in [2.24, 2.45) is 0 Å². The fourth-order valence-electron chi connectivity index (χ4n) is 3.42. The van der Waals surface area contributed by atoms with Crippen molar-refractivity contribution >= 4 is 11.8 Å². The van der Waals surface area contributed by atoms with Crippen LogP contribution < -0.4 is 15.4 Å². The molecule has 2 aromatic carbocycles. The Labute approximate surface area is 162 Å². The van der Waals surface area contributed by atoms with Gasteiger partial charge < -0.3 is 20.5 Å². The van der Waals surface area contributed by atoms with E-state index < -0.39 is 17.4 Å². The molecule has 0 radical (unpaired) electrons. The molecule has 3 rings (SSSR count). The Kier molecular flexibility index (Phi) is 5.94. The molecule has 1 aliphatic rings. The number of carbonyl (C=O) groups excluding carboxylic acids is 2. The minimum atomic E-state index is -1.23. The van der Waals surface area contributed by atoms with Gasteiger partial charge in [0.1, 0.15) is 17.2 Å². The zero-order valence-electron chi connectivity index (χ0n) is 15.6. The first-order chi connectivity index (χ1) is 13.4. The summed E-state index contributed by atoms with van der Waals surface area (Å²) in [5.74, 6) is -1.28. The topological polar surface area (TPSA) is 87.7 Å². The van der Waals surface area contributed by atoms with E-state index in [1.165, 1.54) is 24.3 Å². The molecule has 0 saturated heterocycles. The number of halogens is 1. The molecule has 0 saturated carbocycles. The number of ether oxygens (including phenoxy) is 1. The standard InChI is InChI=1S/C21H23FN2O4/c1-28-17-8-9-18-15(11-17)3-2-10-21(18,27)13-24-20(26)19(25)23-12-14-4-6-16(22)7-5-14/h4-9,11,27H,2-3,10,12-13H2,1H3,(H,23,25)(H,24,26)/t21-/m0/s1. The highest BCUT2D eigenvalue weighted by Gasteiger charge is 2.35. The van der Waals surface area contributed by atoms with Crippen LogP contribution in [-0.2, 0) is 28.2 Å². The first-order valence-corrected chi connectivity index (χ1v) is 9.11. The molecule has 2 aromatic rings. The highest BCUT2D eigenvalue weighted by atomic mass is 19.1. The number of hydrogen-bond donors (Lipinski definition) is 3. The third-order valence-electron chi connectivity index (χ3n) is 4.96. The molecule has 3 N–H and O–H groups in total. The molecule has 2 amide bonds. The van der Waals surface area contributed by atoms with Crippen LogP contribution in [0.2, 0.25) is 0 Å². The summed E-state index contributed by atoms with van der Waals surface area (Å²) in [6.07, 6.45) is 2.08. The number of benzene rings is 2. The molecule has 0 aromatic heterocycles. The smallest absolute Gasteiger partial charge is 0.309 e. The van der Waals surface area contributed by atoms with Crippen LogP contribution in [0.15, 0.2) is 42.5 Å². The van der Waals surface area contributed by atoms with Crippen LogP contribution in [0, 0.1) is 5.82 Å². The van der Waals surface area contributed by atoms with E-state index >= 15 is 0 Å². The average Bonchev–Trinajstić information content (AvgIpc) is 2.71. The van der Waals surface area contributed by atoms with Gasteiger partial charge in [-0.3, -0.25) is 9.59 Å². The van der Waals surface area contributed by atoms with Crippen molar-refractivity contribution in [3.05, 3.63) is 65.0 Å². The van der Waals surface area contributed by atoms with Crippen LogP contribution in [-0.4, -0.2) is 30.6 Å². The van der Waals surface area contributed by atoms with Crippen LogP contribution in [0.4, 0.5) is 4.39 Å². The van der Waals surface area contributed by atoms with Crippen molar-refractivity contribution in [3.8, 4) is 5.75 Å². The number of rotatable bonds is 5. The van der Waals surface area contributed by atoms with Gasteiger partial charge in [-0.05, 0) is 60.2 Å². The Balaban J connectivity index is 1.58. The second-order valence-corrected chi connectivity index (χ2v) is 6.90. The summed E-state index contributed by atoms with van der Waals surface area (Å²) in [5, 5.41) is 16.0. The maximum Gasteiger partial charge on any atom is 0.309 e. The van der Waals surface area contributed by atoms with Gasteiger partial charge in [-0.2, -0.15) is 0 Å². The van der Waals surface area contributed by atoms with E-state index in [1.807, 2.05) is 6.07 Å². The van der Waals surface area contributed by atoms with E-state index in [-0.39, 0.29) is 18.9 Å². The highest BCUT2D eigenvalue weighted by molar-refractivity contribution is 6.35. The number of hydrogen-bond acceptors (Lipinski definition) is 4. The Morgan fingerprint density at radius 3 is 2.57 bits per heavy atom. The molecule has 0 unspecified atom stereocenters. The number of methoxy groups -OCH3 is 1. The zero-order valence-corrected chi connectivity index (χ0v) is 15.6. The Morgan fingerprint density at radius 1 is 1.14 bits per heavy atom. The third kappa shape index (κ3) is 4.48. The van der Waals surface area contributed by atoms with Gasteiger partial charge in [0.25, 0.3) is 0 Å². The van der Waals surface area contributed by atoms with Crippen LogP contribution >= 0.6 is 0 Å². The van der Waals surface area contributed by atoms with Gasteiger partial charge >= 0.3 is 11.8 Å². The zero-order chi connectivity index (χ0) is 20.1. The minimum Gasteiger partial charge on any atom is -0.497 e. The van der Waals surface area contributed by atoms with Gasteiger partial charge in [-0.25, -0.2) is 4.39 Å². The molecule has 148 valence electrons. The Morgan fingerprint density at radius 2 is 1.86 bits per heavy atom. The van der Waals surface area contributed by atoms with Crippen LogP contribution in [0.3, 0.4) is 0 Å². The van der Waals surface area contributed by atoms with E-state index in [9.17, 15) is 19.1 Å². The second kappa shape index (κ2) is 8.39. The fraction of sp³-hybridized carbons (Fsp3) is 0.333. The van der Waals surface area contributed by atoms with E-state index in [0.717, 1.165) is 24.0 Å². The summed E-state index contributed by atoms with van der Waals surface area (Å²) in [6, 6.07) is 11.1. The summed E-state index contributed by atoms with van der Waals surface area (Å²) in [5.41, 5.74) is 1.17. The largest absolute Gasteiger partial charge is 0.497 e. The van der Waals surface area contributed by atoms with Gasteiger partial charge in [-0.15, -0.1) is 0 Å². The predicted octanol–water partition coefficient (Wildman–Crippen LogP) is 1.79. The molecule has 6 nitrogen and oxygen atoms in total. The number of amides is 2. The lowest BCUT2D eigenvalue weighted by molar-refractivity contribution is -0.140. The molecule has 0 aliphatic heterocycles. The maximum atomic E-state index is 12.9. The summed E-state index contributed by atoms with van der Waals surface area (Å²) in [7, 11) is 1.58. The quantitative estimate of drug-likeness (QED) is 0.684. The lowest BCUT2D eigenvalue weighted by atomic mass is 9.79. The highest BCUT2D eigenvalue weighted by Crippen LogP contribution is 2.36. The molecule has 0 bridgehead atoms. The molecule has 0 heterocycles. The van der Waals surface area contributed by atoms with Gasteiger partial charge in [0.05, 0.1) is 13.7 Å². The first-order valence-electron chi connectivity index (χ1n) is 9.11. The van der Waals surface area contributed by atoms with Crippen LogP contribution in [0.5, 0.6) is 5.75 Å². The monoisotopic (exact) mass is 386 g/mol. The summed E-state index contributed by atoms with van der Waals surface area (Å²) in [4.78, 5) is 24.1. The van der Waals surface area contributed by atoms with Crippen molar-refractivity contribution in [2.75, 3.05) is 13.7 Å². The average molecular weight is 386 g/mol. The van der Waals surface area contributed by atoms with Gasteiger partial charge in [0.2, 0.25) is 0 Å². The van der Waals surface area contributed by atoms with Crippen LogP contribution in [0.25, 0.3) is 0 Å². The molecule has 1 aliphatic carbocycles. The predicted molar refractivity (Wildman–Crippen MR) is 101 cm³/mol. The van der Waals surface area contributed by atoms with E-state index in [2.05, 4.69) is 10.6 Å². The molecule has 0 spiro atoms. The van der Waals surface area contributed by atoms with E-state index in [0.29, 0.717) is 17.7 Å². The first kappa shape index (κ1) is 19.8. The minimum absolute atomic E-state index is 0.0604. The normalized spacial score (nSPS) is 18.1. The lowest BCUT2D eigenvalue weighted by Crippen LogP contribution is -2.47. The number of nitrogens with one attached hydrogen (secondary N) is 2. The van der Waals surface area contributed by atoms with Crippen molar-refractivity contribution in [3.63, 3.8) is 0 Å². The van der Waals surface area contributed by atoms with E-state index in [4.69, 9.17) is 4.74 Å². The Hall–Kier alpha value is -2.93. The number of carbonyl (C=O) groups is 2. The fourth-order valence-corrected chi connectivity index (χ4v) is 3.42. The van der Waals surface area contributed by atoms with E-state index in [1.54, 1.807) is 19.2 Å². The van der Waals surface area contributed by atoms with Crippen molar-refractivity contribution < 1.29 is 23.8 Å². The van der Waals surface area contributed by atoms with Gasteiger partial charge in [0.15, 0.2) is 0 Å². The van der Waals surface area contributed by atoms with Crippen LogP contribution in [0.1, 0.15) is 29.5 Å². The molecule has 1 atom stereocenters. The third-order valence-corrected chi connectivity index (χ3v) is 4.96. The molecular formula is C21H23FN2O4. The number of fused-ring (bicyclic) bond motifs is 1. The summed E-state index contributed by atoms with van der Waals surface area (Å²) >= 11 is 0. The van der Waals surface area contributed by atoms with Gasteiger partial charge in [-0.1, -0.05) is 18.2 Å². The molecular weight excluding hydrogens is 363 g/mol.